The first-order valence-corrected chi connectivity index (χ1v) is 7.38. The Bertz CT molecular complexity index is 565. The third-order valence-corrected chi connectivity index (χ3v) is 3.78. The van der Waals surface area contributed by atoms with Crippen LogP contribution in [0.2, 0.25) is 10.0 Å². The number of halogens is 2. The van der Waals surface area contributed by atoms with Gasteiger partial charge >= 0.3 is 5.97 Å². The third kappa shape index (κ3) is 3.43. The minimum absolute atomic E-state index is 0.0872. The zero-order valence-electron chi connectivity index (χ0n) is 11.6. The van der Waals surface area contributed by atoms with Crippen LogP contribution in [0.5, 0.6) is 0 Å². The molecule has 0 radical (unpaired) electrons. The Morgan fingerprint density at radius 3 is 2.43 bits per heavy atom. The average molecular weight is 330 g/mol. The van der Waals surface area contributed by atoms with E-state index in [0.29, 0.717) is 15.6 Å². The lowest BCUT2D eigenvalue weighted by Crippen LogP contribution is -2.38. The summed E-state index contributed by atoms with van der Waals surface area (Å²) in [6, 6.07) is 5.09. The standard InChI is InChI=1S/C14H17Cl2N3O2/c1-2-21-14(20)13(19(18)8-6-7-8)12(17)11-9(15)4-3-5-10(11)16/h3-5,8H,2,6-7,17-18H2,1H3/b13-12-. The molecule has 1 fully saturated rings. The lowest BCUT2D eigenvalue weighted by molar-refractivity contribution is -0.140. The molecule has 0 bridgehead atoms. The van der Waals surface area contributed by atoms with Crippen LogP contribution >= 0.6 is 23.2 Å². The van der Waals surface area contributed by atoms with Gasteiger partial charge in [-0.15, -0.1) is 0 Å². The Balaban J connectivity index is 2.52. The van der Waals surface area contributed by atoms with Crippen LogP contribution in [0.3, 0.4) is 0 Å². The molecule has 0 atom stereocenters. The summed E-state index contributed by atoms with van der Waals surface area (Å²) in [5.74, 6) is 5.42. The minimum Gasteiger partial charge on any atom is -0.461 e. The molecule has 7 heteroatoms. The Morgan fingerprint density at radius 2 is 1.95 bits per heavy atom. The van der Waals surface area contributed by atoms with E-state index in [9.17, 15) is 4.79 Å². The molecule has 4 N–H and O–H groups in total. The Kier molecular flexibility index (Phi) is 4.98. The monoisotopic (exact) mass is 329 g/mol. The summed E-state index contributed by atoms with van der Waals surface area (Å²) in [4.78, 5) is 12.2. The van der Waals surface area contributed by atoms with Crippen LogP contribution in [-0.4, -0.2) is 23.6 Å². The second-order valence-electron chi connectivity index (χ2n) is 4.72. The van der Waals surface area contributed by atoms with Gasteiger partial charge < -0.3 is 10.5 Å². The van der Waals surface area contributed by atoms with E-state index in [2.05, 4.69) is 0 Å². The molecule has 1 aromatic rings. The van der Waals surface area contributed by atoms with Crippen molar-refractivity contribution in [3.8, 4) is 0 Å². The minimum atomic E-state index is -0.583. The highest BCUT2D eigenvalue weighted by atomic mass is 35.5. The van der Waals surface area contributed by atoms with Crippen molar-refractivity contribution in [1.82, 2.24) is 5.01 Å². The fourth-order valence-electron chi connectivity index (χ4n) is 1.96. The Hall–Kier alpha value is -1.43. The van der Waals surface area contributed by atoms with E-state index in [4.69, 9.17) is 39.5 Å². The number of nitrogens with two attached hydrogens (primary N) is 2. The van der Waals surface area contributed by atoms with Crippen LogP contribution in [0.15, 0.2) is 23.9 Å². The average Bonchev–Trinajstić information content (AvgIpc) is 3.23. The predicted octanol–water partition coefficient (Wildman–Crippen LogP) is 2.52. The van der Waals surface area contributed by atoms with Crippen LogP contribution < -0.4 is 11.6 Å². The summed E-state index contributed by atoms with van der Waals surface area (Å²) in [5, 5.41) is 2.06. The van der Waals surface area contributed by atoms with Gasteiger partial charge in [0.1, 0.15) is 0 Å². The number of hydrogen-bond donors (Lipinski definition) is 2. The number of hydrogen-bond acceptors (Lipinski definition) is 5. The molecule has 5 nitrogen and oxygen atoms in total. The van der Waals surface area contributed by atoms with E-state index in [0.717, 1.165) is 12.8 Å². The van der Waals surface area contributed by atoms with E-state index in [1.165, 1.54) is 5.01 Å². The molecule has 1 aliphatic carbocycles. The van der Waals surface area contributed by atoms with Crippen molar-refractivity contribution in [2.45, 2.75) is 25.8 Å². The highest BCUT2D eigenvalue weighted by molar-refractivity contribution is 6.37. The number of carbonyl (C=O) groups excluding carboxylic acids is 1. The summed E-state index contributed by atoms with van der Waals surface area (Å²) < 4.78 is 5.04. The highest BCUT2D eigenvalue weighted by Crippen LogP contribution is 2.34. The topological polar surface area (TPSA) is 81.6 Å². The molecule has 21 heavy (non-hydrogen) atoms. The summed E-state index contributed by atoms with van der Waals surface area (Å²) in [7, 11) is 0. The van der Waals surface area contributed by atoms with Crippen LogP contribution in [0.1, 0.15) is 25.3 Å². The third-order valence-electron chi connectivity index (χ3n) is 3.15. The molecule has 1 saturated carbocycles. The van der Waals surface area contributed by atoms with Gasteiger partial charge in [0.25, 0.3) is 0 Å². The van der Waals surface area contributed by atoms with Gasteiger partial charge in [-0.2, -0.15) is 0 Å². The number of esters is 1. The quantitative estimate of drug-likeness (QED) is 0.375. The summed E-state index contributed by atoms with van der Waals surface area (Å²) in [6.45, 7) is 1.94. The van der Waals surface area contributed by atoms with Gasteiger partial charge in [-0.1, -0.05) is 29.3 Å². The first-order valence-electron chi connectivity index (χ1n) is 6.62. The first kappa shape index (κ1) is 15.9. The van der Waals surface area contributed by atoms with Crippen molar-refractivity contribution in [2.24, 2.45) is 11.6 Å². The van der Waals surface area contributed by atoms with Crippen LogP contribution in [0.25, 0.3) is 5.70 Å². The van der Waals surface area contributed by atoms with E-state index in [-0.39, 0.29) is 24.0 Å². The van der Waals surface area contributed by atoms with E-state index in [1.807, 2.05) is 0 Å². The number of nitrogens with zero attached hydrogens (tertiary/aromatic N) is 1. The van der Waals surface area contributed by atoms with Gasteiger partial charge in [-0.05, 0) is 31.9 Å². The van der Waals surface area contributed by atoms with Gasteiger partial charge in [-0.25, -0.2) is 10.6 Å². The number of benzene rings is 1. The second kappa shape index (κ2) is 6.56. The molecular weight excluding hydrogens is 313 g/mol. The molecule has 0 aliphatic heterocycles. The first-order chi connectivity index (χ1) is 9.97. The largest absolute Gasteiger partial charge is 0.461 e. The number of carbonyl (C=O) groups is 1. The molecule has 1 aliphatic rings. The second-order valence-corrected chi connectivity index (χ2v) is 5.53. The summed E-state index contributed by atoms with van der Waals surface area (Å²) in [6.07, 6.45) is 1.81. The maximum Gasteiger partial charge on any atom is 0.358 e. The van der Waals surface area contributed by atoms with Crippen molar-refractivity contribution in [1.29, 1.82) is 0 Å². The summed E-state index contributed by atoms with van der Waals surface area (Å²) >= 11 is 12.3. The molecular formula is C14H17Cl2N3O2. The van der Waals surface area contributed by atoms with Gasteiger partial charge in [-0.3, -0.25) is 5.01 Å². The number of hydrazine groups is 1. The van der Waals surface area contributed by atoms with E-state index >= 15 is 0 Å². The van der Waals surface area contributed by atoms with Gasteiger partial charge in [0, 0.05) is 11.6 Å². The predicted molar refractivity (Wildman–Crippen MR) is 83.3 cm³/mol. The zero-order valence-corrected chi connectivity index (χ0v) is 13.1. The molecule has 1 aromatic carbocycles. The van der Waals surface area contributed by atoms with E-state index < -0.39 is 5.97 Å². The lowest BCUT2D eigenvalue weighted by Gasteiger charge is -2.23. The van der Waals surface area contributed by atoms with Gasteiger partial charge in [0.15, 0.2) is 5.70 Å². The maximum atomic E-state index is 12.2. The Labute approximate surface area is 133 Å². The molecule has 0 amide bonds. The molecule has 2 rings (SSSR count). The van der Waals surface area contributed by atoms with Gasteiger partial charge in [0.2, 0.25) is 0 Å². The number of ether oxygens (including phenoxy) is 1. The van der Waals surface area contributed by atoms with Crippen molar-refractivity contribution in [3.05, 3.63) is 39.5 Å². The Morgan fingerprint density at radius 1 is 1.38 bits per heavy atom. The normalized spacial score (nSPS) is 15.4. The van der Waals surface area contributed by atoms with Crippen LogP contribution in [-0.2, 0) is 9.53 Å². The van der Waals surface area contributed by atoms with E-state index in [1.54, 1.807) is 25.1 Å². The fraction of sp³-hybridized carbons (Fsp3) is 0.357. The van der Waals surface area contributed by atoms with Crippen molar-refractivity contribution in [2.75, 3.05) is 6.61 Å². The zero-order chi connectivity index (χ0) is 15.6. The molecule has 0 unspecified atom stereocenters. The fourth-order valence-corrected chi connectivity index (χ4v) is 2.56. The number of rotatable bonds is 5. The van der Waals surface area contributed by atoms with Crippen LogP contribution in [0.4, 0.5) is 0 Å². The molecule has 0 saturated heterocycles. The molecule has 0 heterocycles. The van der Waals surface area contributed by atoms with Crippen molar-refractivity contribution >= 4 is 34.9 Å². The van der Waals surface area contributed by atoms with Gasteiger partial charge in [0.05, 0.1) is 22.3 Å². The van der Waals surface area contributed by atoms with Crippen molar-refractivity contribution < 1.29 is 9.53 Å². The SMILES string of the molecule is CCOC(=O)/C(=C(/N)c1c(Cl)cccc1Cl)N(N)C1CC1. The molecule has 114 valence electrons. The maximum absolute atomic E-state index is 12.2. The van der Waals surface area contributed by atoms with Crippen LogP contribution in [0, 0.1) is 0 Å². The molecule has 0 aromatic heterocycles. The lowest BCUT2D eigenvalue weighted by atomic mass is 10.1. The smallest absolute Gasteiger partial charge is 0.358 e. The molecule has 0 spiro atoms. The highest BCUT2D eigenvalue weighted by Gasteiger charge is 2.34. The summed E-state index contributed by atoms with van der Waals surface area (Å²) in [5.41, 5.74) is 6.73. The van der Waals surface area contributed by atoms with Crippen molar-refractivity contribution in [3.63, 3.8) is 0 Å².